The molecule has 2 aromatic rings. The molecule has 2 amide bonds. The molecule has 0 bridgehead atoms. The van der Waals surface area contributed by atoms with Crippen molar-refractivity contribution >= 4 is 6.03 Å². The quantitative estimate of drug-likeness (QED) is 0.858. The van der Waals surface area contributed by atoms with Crippen molar-refractivity contribution in [2.75, 3.05) is 6.54 Å². The molecule has 0 fully saturated rings. The molecule has 19 heavy (non-hydrogen) atoms. The maximum absolute atomic E-state index is 12.1. The lowest BCUT2D eigenvalue weighted by Gasteiger charge is -2.28. The molecule has 0 saturated carbocycles. The summed E-state index contributed by atoms with van der Waals surface area (Å²) >= 11 is 0. The molecule has 3 rings (SSSR count). The van der Waals surface area contributed by atoms with Gasteiger partial charge in [-0.1, -0.05) is 24.3 Å². The minimum absolute atomic E-state index is 0.0240. The van der Waals surface area contributed by atoms with Crippen LogP contribution in [0.5, 0.6) is 0 Å². The number of H-pyrrole nitrogens is 1. The van der Waals surface area contributed by atoms with Crippen molar-refractivity contribution in [3.8, 4) is 0 Å². The Morgan fingerprint density at radius 2 is 2.16 bits per heavy atom. The van der Waals surface area contributed by atoms with E-state index in [2.05, 4.69) is 27.6 Å². The van der Waals surface area contributed by atoms with Gasteiger partial charge in [0.1, 0.15) is 0 Å². The van der Waals surface area contributed by atoms with E-state index in [-0.39, 0.29) is 6.03 Å². The third-order valence-electron chi connectivity index (χ3n) is 3.41. The van der Waals surface area contributed by atoms with Gasteiger partial charge >= 0.3 is 6.03 Å². The molecule has 0 aliphatic carbocycles. The average Bonchev–Trinajstić information content (AvgIpc) is 2.97. The van der Waals surface area contributed by atoms with Crippen molar-refractivity contribution in [2.45, 2.75) is 19.5 Å². The van der Waals surface area contributed by atoms with Gasteiger partial charge in [0, 0.05) is 19.3 Å². The summed E-state index contributed by atoms with van der Waals surface area (Å²) in [4.78, 5) is 13.9. The molecular formula is C14H16N4O. The summed E-state index contributed by atoms with van der Waals surface area (Å²) in [5, 5.41) is 9.58. The monoisotopic (exact) mass is 256 g/mol. The van der Waals surface area contributed by atoms with Crippen LogP contribution in [0.1, 0.15) is 16.8 Å². The number of carbonyl (C=O) groups is 1. The largest absolute Gasteiger partial charge is 0.332 e. The van der Waals surface area contributed by atoms with Crippen molar-refractivity contribution in [3.63, 3.8) is 0 Å². The van der Waals surface area contributed by atoms with Crippen LogP contribution in [0.3, 0.4) is 0 Å². The Morgan fingerprint density at radius 1 is 1.32 bits per heavy atom. The summed E-state index contributed by atoms with van der Waals surface area (Å²) in [5.41, 5.74) is 3.50. The Bertz CT molecular complexity index is 565. The number of fused-ring (bicyclic) bond motifs is 1. The van der Waals surface area contributed by atoms with E-state index in [0.29, 0.717) is 13.1 Å². The number of hydrogen-bond acceptors (Lipinski definition) is 2. The van der Waals surface area contributed by atoms with E-state index in [1.807, 2.05) is 23.1 Å². The van der Waals surface area contributed by atoms with Gasteiger partial charge in [-0.15, -0.1) is 0 Å². The number of nitrogens with one attached hydrogen (secondary N) is 2. The Hall–Kier alpha value is -2.30. The highest BCUT2D eigenvalue weighted by molar-refractivity contribution is 5.74. The molecule has 1 aliphatic rings. The number of aromatic nitrogens is 2. The Kier molecular flexibility index (Phi) is 3.18. The van der Waals surface area contributed by atoms with E-state index in [0.717, 1.165) is 18.7 Å². The Balaban J connectivity index is 1.60. The van der Waals surface area contributed by atoms with Gasteiger partial charge in [0.05, 0.1) is 12.2 Å². The number of carbonyl (C=O) groups excluding carboxylic acids is 1. The first-order chi connectivity index (χ1) is 9.33. The number of hydrogen-bond donors (Lipinski definition) is 2. The SMILES string of the molecule is O=C(NCc1ccn[nH]1)N1CCc2ccccc2C1. The highest BCUT2D eigenvalue weighted by Gasteiger charge is 2.19. The van der Waals surface area contributed by atoms with Crippen LogP contribution in [0.15, 0.2) is 36.5 Å². The smallest absolute Gasteiger partial charge is 0.318 e. The lowest BCUT2D eigenvalue weighted by atomic mass is 10.0. The zero-order chi connectivity index (χ0) is 13.1. The van der Waals surface area contributed by atoms with Crippen molar-refractivity contribution in [2.24, 2.45) is 0 Å². The first-order valence-corrected chi connectivity index (χ1v) is 6.41. The van der Waals surface area contributed by atoms with E-state index in [9.17, 15) is 4.79 Å². The highest BCUT2D eigenvalue weighted by atomic mass is 16.2. The third-order valence-corrected chi connectivity index (χ3v) is 3.41. The van der Waals surface area contributed by atoms with Crippen LogP contribution in [-0.2, 0) is 19.5 Å². The molecule has 0 unspecified atom stereocenters. The molecule has 0 spiro atoms. The van der Waals surface area contributed by atoms with E-state index in [1.54, 1.807) is 6.20 Å². The molecule has 2 heterocycles. The minimum atomic E-state index is -0.0240. The molecule has 98 valence electrons. The predicted octanol–water partition coefficient (Wildman–Crippen LogP) is 1.68. The second-order valence-corrected chi connectivity index (χ2v) is 4.68. The second kappa shape index (κ2) is 5.14. The number of aromatic amines is 1. The van der Waals surface area contributed by atoms with Gasteiger partial charge < -0.3 is 10.2 Å². The number of urea groups is 1. The molecule has 5 nitrogen and oxygen atoms in total. The molecular weight excluding hydrogens is 240 g/mol. The summed E-state index contributed by atoms with van der Waals surface area (Å²) < 4.78 is 0. The second-order valence-electron chi connectivity index (χ2n) is 4.68. The standard InChI is InChI=1S/C14H16N4O/c19-14(15-9-13-5-7-16-17-13)18-8-6-11-3-1-2-4-12(11)10-18/h1-5,7H,6,8-10H2,(H,15,19)(H,16,17). The van der Waals surface area contributed by atoms with Gasteiger partial charge in [-0.25, -0.2) is 4.79 Å². The van der Waals surface area contributed by atoms with Crippen molar-refractivity contribution < 1.29 is 4.79 Å². The first kappa shape index (κ1) is 11.8. The molecule has 0 atom stereocenters. The van der Waals surface area contributed by atoms with Gasteiger partial charge in [-0.3, -0.25) is 5.10 Å². The number of benzene rings is 1. The molecule has 0 saturated heterocycles. The molecule has 2 N–H and O–H groups in total. The summed E-state index contributed by atoms with van der Waals surface area (Å²) in [5.74, 6) is 0. The van der Waals surface area contributed by atoms with Crippen LogP contribution in [-0.4, -0.2) is 27.7 Å². The average molecular weight is 256 g/mol. The lowest BCUT2D eigenvalue weighted by Crippen LogP contribution is -2.42. The van der Waals surface area contributed by atoms with Gasteiger partial charge in [-0.05, 0) is 23.6 Å². The predicted molar refractivity (Wildman–Crippen MR) is 71.4 cm³/mol. The summed E-state index contributed by atoms with van der Waals surface area (Å²) in [6, 6.07) is 10.1. The van der Waals surface area contributed by atoms with E-state index in [1.165, 1.54) is 11.1 Å². The Labute approximate surface area is 111 Å². The fourth-order valence-corrected chi connectivity index (χ4v) is 2.33. The zero-order valence-electron chi connectivity index (χ0n) is 10.6. The molecule has 1 aromatic heterocycles. The van der Waals surface area contributed by atoms with Gasteiger partial charge in [0.15, 0.2) is 0 Å². The van der Waals surface area contributed by atoms with E-state index in [4.69, 9.17) is 0 Å². The van der Waals surface area contributed by atoms with Gasteiger partial charge in [0.25, 0.3) is 0 Å². The van der Waals surface area contributed by atoms with Crippen LogP contribution in [0.2, 0.25) is 0 Å². The van der Waals surface area contributed by atoms with Crippen LogP contribution in [0.25, 0.3) is 0 Å². The summed E-state index contributed by atoms with van der Waals surface area (Å²) in [7, 11) is 0. The van der Waals surface area contributed by atoms with Gasteiger partial charge in [0.2, 0.25) is 0 Å². The fraction of sp³-hybridized carbons (Fsp3) is 0.286. The number of amides is 2. The first-order valence-electron chi connectivity index (χ1n) is 6.41. The molecule has 1 aliphatic heterocycles. The maximum atomic E-state index is 12.1. The molecule has 5 heteroatoms. The Morgan fingerprint density at radius 3 is 2.95 bits per heavy atom. The fourth-order valence-electron chi connectivity index (χ4n) is 2.33. The van der Waals surface area contributed by atoms with Crippen molar-refractivity contribution in [1.29, 1.82) is 0 Å². The highest BCUT2D eigenvalue weighted by Crippen LogP contribution is 2.18. The summed E-state index contributed by atoms with van der Waals surface area (Å²) in [6.07, 6.45) is 2.60. The van der Waals surface area contributed by atoms with Crippen LogP contribution in [0.4, 0.5) is 4.79 Å². The maximum Gasteiger partial charge on any atom is 0.318 e. The van der Waals surface area contributed by atoms with Crippen molar-refractivity contribution in [3.05, 3.63) is 53.3 Å². The summed E-state index contributed by atoms with van der Waals surface area (Å²) in [6.45, 7) is 1.94. The van der Waals surface area contributed by atoms with Crippen LogP contribution in [0, 0.1) is 0 Å². The third kappa shape index (κ3) is 2.59. The zero-order valence-corrected chi connectivity index (χ0v) is 10.6. The lowest BCUT2D eigenvalue weighted by molar-refractivity contribution is 0.192. The number of nitrogens with zero attached hydrogens (tertiary/aromatic N) is 2. The molecule has 0 radical (unpaired) electrons. The molecule has 1 aromatic carbocycles. The van der Waals surface area contributed by atoms with Crippen LogP contribution >= 0.6 is 0 Å². The van der Waals surface area contributed by atoms with E-state index >= 15 is 0 Å². The van der Waals surface area contributed by atoms with Gasteiger partial charge in [-0.2, -0.15) is 5.10 Å². The van der Waals surface area contributed by atoms with Crippen molar-refractivity contribution in [1.82, 2.24) is 20.4 Å². The normalized spacial score (nSPS) is 14.0. The van der Waals surface area contributed by atoms with Crippen LogP contribution < -0.4 is 5.32 Å². The minimum Gasteiger partial charge on any atom is -0.332 e. The van der Waals surface area contributed by atoms with E-state index < -0.39 is 0 Å². The topological polar surface area (TPSA) is 61.0 Å². The number of rotatable bonds is 2.